The molecule has 0 bridgehead atoms. The van der Waals surface area contributed by atoms with Crippen molar-refractivity contribution in [1.29, 1.82) is 0 Å². The van der Waals surface area contributed by atoms with Crippen molar-refractivity contribution in [3.8, 4) is 0 Å². The molecule has 0 radical (unpaired) electrons. The number of anilines is 1. The molecule has 1 aliphatic heterocycles. The third kappa shape index (κ3) is 2.76. The second-order valence-corrected chi connectivity index (χ2v) is 7.09. The van der Waals surface area contributed by atoms with Crippen LogP contribution in [0.4, 0.5) is 10.5 Å². The monoisotopic (exact) mass is 330 g/mol. The van der Waals surface area contributed by atoms with E-state index in [-0.39, 0.29) is 18.5 Å². The van der Waals surface area contributed by atoms with Crippen LogP contribution in [0.5, 0.6) is 0 Å². The Balaban J connectivity index is 1.48. The van der Waals surface area contributed by atoms with Gasteiger partial charge in [0.1, 0.15) is 6.54 Å². The van der Waals surface area contributed by atoms with Gasteiger partial charge in [0.25, 0.3) is 0 Å². The van der Waals surface area contributed by atoms with E-state index in [0.29, 0.717) is 19.1 Å². The van der Waals surface area contributed by atoms with Crippen LogP contribution in [0.25, 0.3) is 10.2 Å². The van der Waals surface area contributed by atoms with Crippen molar-refractivity contribution in [1.82, 2.24) is 14.8 Å². The van der Waals surface area contributed by atoms with Crippen LogP contribution in [-0.2, 0) is 4.79 Å². The molecular weight excluding hydrogens is 312 g/mol. The van der Waals surface area contributed by atoms with Gasteiger partial charge in [-0.15, -0.1) is 11.3 Å². The average molecular weight is 330 g/mol. The van der Waals surface area contributed by atoms with Crippen molar-refractivity contribution in [2.45, 2.75) is 25.7 Å². The number of amides is 3. The van der Waals surface area contributed by atoms with Crippen molar-refractivity contribution >= 4 is 39.2 Å². The predicted octanol–water partition coefficient (Wildman–Crippen LogP) is 2.83. The van der Waals surface area contributed by atoms with Crippen LogP contribution in [0.15, 0.2) is 18.2 Å². The summed E-state index contributed by atoms with van der Waals surface area (Å²) in [7, 11) is 0. The van der Waals surface area contributed by atoms with E-state index in [1.54, 1.807) is 16.2 Å². The highest BCUT2D eigenvalue weighted by Crippen LogP contribution is 2.43. The summed E-state index contributed by atoms with van der Waals surface area (Å²) >= 11 is 1.71. The number of benzene rings is 1. The molecule has 120 valence electrons. The van der Waals surface area contributed by atoms with E-state index in [2.05, 4.69) is 10.3 Å². The number of thiazole rings is 1. The molecule has 1 saturated carbocycles. The van der Waals surface area contributed by atoms with Gasteiger partial charge in [-0.3, -0.25) is 9.69 Å². The number of urea groups is 1. The van der Waals surface area contributed by atoms with Crippen LogP contribution in [0.1, 0.15) is 30.7 Å². The number of hydrogen-bond donors (Lipinski definition) is 1. The molecule has 1 saturated heterocycles. The number of likely N-dealkylation sites (N-methyl/N-ethyl adjacent to an activating group) is 1. The van der Waals surface area contributed by atoms with Gasteiger partial charge >= 0.3 is 6.03 Å². The maximum atomic E-state index is 12.3. The lowest BCUT2D eigenvalue weighted by molar-refractivity contribution is -0.126. The fourth-order valence-electron chi connectivity index (χ4n) is 2.74. The second-order valence-electron chi connectivity index (χ2n) is 6.03. The molecule has 7 heteroatoms. The first-order valence-electron chi connectivity index (χ1n) is 7.88. The number of aromatic nitrogens is 1. The van der Waals surface area contributed by atoms with E-state index in [1.165, 1.54) is 22.7 Å². The fourth-order valence-corrected chi connectivity index (χ4v) is 3.91. The Kier molecular flexibility index (Phi) is 3.45. The molecule has 1 aromatic carbocycles. The molecule has 0 spiro atoms. The van der Waals surface area contributed by atoms with Crippen molar-refractivity contribution in [3.63, 3.8) is 0 Å². The standard InChI is InChI=1S/C16H18N4O2S/c1-2-19-9-20(8-14(19)21)16(22)17-11-5-6-12-13(7-11)23-15(18-12)10-3-4-10/h5-7,10H,2-4,8-9H2,1H3,(H,17,22). The van der Waals surface area contributed by atoms with Gasteiger partial charge in [-0.25, -0.2) is 9.78 Å². The summed E-state index contributed by atoms with van der Waals surface area (Å²) in [5.41, 5.74) is 1.74. The molecular formula is C16H18N4O2S. The van der Waals surface area contributed by atoms with Crippen LogP contribution < -0.4 is 5.32 Å². The van der Waals surface area contributed by atoms with Gasteiger partial charge in [0.2, 0.25) is 5.91 Å². The minimum atomic E-state index is -0.236. The molecule has 2 aromatic rings. The highest BCUT2D eigenvalue weighted by atomic mass is 32.1. The maximum Gasteiger partial charge on any atom is 0.323 e. The smallest absolute Gasteiger partial charge is 0.323 e. The van der Waals surface area contributed by atoms with E-state index in [0.717, 1.165) is 15.9 Å². The van der Waals surface area contributed by atoms with Gasteiger partial charge in [-0.2, -0.15) is 0 Å². The summed E-state index contributed by atoms with van der Waals surface area (Å²) in [5.74, 6) is 0.635. The Labute approximate surface area is 138 Å². The summed E-state index contributed by atoms with van der Waals surface area (Å²) in [6, 6.07) is 5.54. The number of rotatable bonds is 3. The van der Waals surface area contributed by atoms with Gasteiger partial charge in [0.05, 0.1) is 21.9 Å². The first-order chi connectivity index (χ1) is 11.1. The molecule has 0 unspecified atom stereocenters. The van der Waals surface area contributed by atoms with E-state index >= 15 is 0 Å². The second kappa shape index (κ2) is 5.49. The highest BCUT2D eigenvalue weighted by molar-refractivity contribution is 7.18. The lowest BCUT2D eigenvalue weighted by atomic mass is 10.3. The van der Waals surface area contributed by atoms with Crippen LogP contribution in [0, 0.1) is 0 Å². The minimum Gasteiger partial charge on any atom is -0.324 e. The van der Waals surface area contributed by atoms with E-state index in [1.807, 2.05) is 25.1 Å². The van der Waals surface area contributed by atoms with Crippen LogP contribution in [-0.4, -0.2) is 46.5 Å². The molecule has 3 amide bonds. The quantitative estimate of drug-likeness (QED) is 0.941. The van der Waals surface area contributed by atoms with Gasteiger partial charge < -0.3 is 10.2 Å². The molecule has 6 nitrogen and oxygen atoms in total. The molecule has 0 atom stereocenters. The lowest BCUT2D eigenvalue weighted by Gasteiger charge is -2.17. The van der Waals surface area contributed by atoms with Gasteiger partial charge in [0, 0.05) is 18.2 Å². The Morgan fingerprint density at radius 2 is 2.26 bits per heavy atom. The zero-order valence-corrected chi connectivity index (χ0v) is 13.7. The van der Waals surface area contributed by atoms with Gasteiger partial charge in [-0.05, 0) is 38.0 Å². The Hall–Kier alpha value is -2.15. The SMILES string of the molecule is CCN1CN(C(=O)Nc2ccc3nc(C4CC4)sc3c2)CC1=O. The summed E-state index contributed by atoms with van der Waals surface area (Å²) < 4.78 is 1.09. The summed E-state index contributed by atoms with van der Waals surface area (Å²) in [5, 5.41) is 4.08. The first-order valence-corrected chi connectivity index (χ1v) is 8.70. The third-order valence-corrected chi connectivity index (χ3v) is 5.45. The molecule has 1 aliphatic carbocycles. The van der Waals surface area contributed by atoms with Gasteiger partial charge in [-0.1, -0.05) is 0 Å². The number of nitrogens with one attached hydrogen (secondary N) is 1. The minimum absolute atomic E-state index is 0.00497. The molecule has 1 aromatic heterocycles. The fraction of sp³-hybridized carbons (Fsp3) is 0.438. The predicted molar refractivity (Wildman–Crippen MR) is 89.6 cm³/mol. The number of fused-ring (bicyclic) bond motifs is 1. The third-order valence-electron chi connectivity index (χ3n) is 4.27. The van der Waals surface area contributed by atoms with Crippen molar-refractivity contribution in [2.24, 2.45) is 0 Å². The van der Waals surface area contributed by atoms with Crippen LogP contribution >= 0.6 is 11.3 Å². The number of carbonyl (C=O) groups is 2. The average Bonchev–Trinajstić information content (AvgIpc) is 3.19. The molecule has 4 rings (SSSR count). The topological polar surface area (TPSA) is 65.5 Å². The number of carbonyl (C=O) groups excluding carboxylic acids is 2. The zero-order valence-electron chi connectivity index (χ0n) is 12.9. The normalized spacial score (nSPS) is 18.0. The maximum absolute atomic E-state index is 12.3. The number of nitrogens with zero attached hydrogens (tertiary/aromatic N) is 3. The van der Waals surface area contributed by atoms with Crippen LogP contribution in [0.3, 0.4) is 0 Å². The van der Waals surface area contributed by atoms with Crippen molar-refractivity contribution in [3.05, 3.63) is 23.2 Å². The Morgan fingerprint density at radius 1 is 1.43 bits per heavy atom. The molecule has 2 fully saturated rings. The zero-order chi connectivity index (χ0) is 16.0. The molecule has 2 heterocycles. The molecule has 23 heavy (non-hydrogen) atoms. The highest BCUT2D eigenvalue weighted by Gasteiger charge is 2.30. The van der Waals surface area contributed by atoms with Gasteiger partial charge in [0.15, 0.2) is 0 Å². The molecule has 2 aliphatic rings. The summed E-state index contributed by atoms with van der Waals surface area (Å²) in [6.07, 6.45) is 2.47. The summed E-state index contributed by atoms with van der Waals surface area (Å²) in [6.45, 7) is 3.04. The van der Waals surface area contributed by atoms with E-state index in [9.17, 15) is 9.59 Å². The van der Waals surface area contributed by atoms with Crippen molar-refractivity contribution in [2.75, 3.05) is 25.1 Å². The largest absolute Gasteiger partial charge is 0.324 e. The summed E-state index contributed by atoms with van der Waals surface area (Å²) in [4.78, 5) is 31.9. The molecule has 1 N–H and O–H groups in total. The number of hydrogen-bond acceptors (Lipinski definition) is 4. The lowest BCUT2D eigenvalue weighted by Crippen LogP contribution is -2.34. The Morgan fingerprint density at radius 3 is 2.96 bits per heavy atom. The van der Waals surface area contributed by atoms with Crippen LogP contribution in [0.2, 0.25) is 0 Å². The first kappa shape index (κ1) is 14.4. The van der Waals surface area contributed by atoms with E-state index in [4.69, 9.17) is 0 Å². The Bertz CT molecular complexity index is 783. The van der Waals surface area contributed by atoms with E-state index < -0.39 is 0 Å². The van der Waals surface area contributed by atoms with Crippen molar-refractivity contribution < 1.29 is 9.59 Å².